The maximum absolute atomic E-state index is 12.0. The van der Waals surface area contributed by atoms with Gasteiger partial charge in [0.2, 0.25) is 5.91 Å². The topological polar surface area (TPSA) is 51.2 Å². The number of thiazole rings is 1. The Labute approximate surface area is 141 Å². The Balaban J connectivity index is 1.54. The van der Waals surface area contributed by atoms with Gasteiger partial charge in [0, 0.05) is 16.5 Å². The summed E-state index contributed by atoms with van der Waals surface area (Å²) in [6.07, 6.45) is 3.32. The predicted octanol–water partition coefficient (Wildman–Crippen LogP) is 4.42. The molecule has 0 atom stereocenters. The zero-order chi connectivity index (χ0) is 15.6. The Morgan fingerprint density at radius 2 is 2.17 bits per heavy atom. The molecule has 3 heterocycles. The van der Waals surface area contributed by atoms with Crippen LogP contribution in [0.15, 0.2) is 47.9 Å². The van der Waals surface area contributed by atoms with E-state index in [0.29, 0.717) is 11.7 Å². The zero-order valence-corrected chi connectivity index (χ0v) is 13.6. The highest BCUT2D eigenvalue weighted by atomic mass is 32.1. The molecule has 3 aromatic rings. The van der Waals surface area contributed by atoms with E-state index in [0.717, 1.165) is 26.8 Å². The van der Waals surface area contributed by atoms with Crippen LogP contribution < -0.4 is 10.1 Å². The van der Waals surface area contributed by atoms with Crippen LogP contribution in [-0.4, -0.2) is 10.9 Å². The lowest BCUT2D eigenvalue weighted by Crippen LogP contribution is -2.07. The molecule has 114 valence electrons. The number of nitrogens with one attached hydrogen (secondary N) is 1. The number of carbonyl (C=O) groups is 1. The van der Waals surface area contributed by atoms with E-state index in [2.05, 4.69) is 10.3 Å². The molecule has 0 saturated heterocycles. The fourth-order valence-corrected chi connectivity index (χ4v) is 3.85. The lowest BCUT2D eigenvalue weighted by molar-refractivity contribution is -0.111. The van der Waals surface area contributed by atoms with Crippen molar-refractivity contribution in [1.29, 1.82) is 0 Å². The number of amides is 1. The second-order valence-electron chi connectivity index (χ2n) is 4.91. The van der Waals surface area contributed by atoms with Crippen LogP contribution in [-0.2, 0) is 11.4 Å². The van der Waals surface area contributed by atoms with Gasteiger partial charge in [-0.05, 0) is 29.7 Å². The van der Waals surface area contributed by atoms with Gasteiger partial charge in [-0.15, -0.1) is 11.3 Å². The van der Waals surface area contributed by atoms with Crippen LogP contribution in [0.25, 0.3) is 17.3 Å². The number of fused-ring (bicyclic) bond motifs is 3. The molecule has 4 nitrogen and oxygen atoms in total. The molecule has 0 fully saturated rings. The normalized spacial score (nSPS) is 12.5. The third-order valence-corrected chi connectivity index (χ3v) is 5.15. The van der Waals surface area contributed by atoms with E-state index >= 15 is 0 Å². The number of para-hydroxylation sites is 1. The van der Waals surface area contributed by atoms with E-state index in [-0.39, 0.29) is 5.91 Å². The van der Waals surface area contributed by atoms with Crippen LogP contribution in [0.2, 0.25) is 0 Å². The standard InChI is InChI=1S/C17H12N2O2S2/c20-15(8-7-11-4-3-9-22-11)18-17-19-16-12-5-1-2-6-13(12)21-10-14(16)23-17/h1-9H,10H2,(H,18,19,20). The fourth-order valence-electron chi connectivity index (χ4n) is 2.34. The first-order valence-electron chi connectivity index (χ1n) is 7.04. The Kier molecular flexibility index (Phi) is 3.69. The highest BCUT2D eigenvalue weighted by Crippen LogP contribution is 2.40. The Morgan fingerprint density at radius 1 is 1.26 bits per heavy atom. The van der Waals surface area contributed by atoms with Crippen LogP contribution in [0.5, 0.6) is 5.75 Å². The van der Waals surface area contributed by atoms with Gasteiger partial charge in [0.1, 0.15) is 12.4 Å². The first kappa shape index (κ1) is 14.2. The van der Waals surface area contributed by atoms with Crippen molar-refractivity contribution in [2.45, 2.75) is 6.61 Å². The van der Waals surface area contributed by atoms with Gasteiger partial charge >= 0.3 is 0 Å². The molecule has 0 saturated carbocycles. The smallest absolute Gasteiger partial charge is 0.250 e. The summed E-state index contributed by atoms with van der Waals surface area (Å²) in [7, 11) is 0. The van der Waals surface area contributed by atoms with Crippen molar-refractivity contribution in [2.24, 2.45) is 0 Å². The largest absolute Gasteiger partial charge is 0.487 e. The summed E-state index contributed by atoms with van der Waals surface area (Å²) in [6, 6.07) is 11.7. The minimum Gasteiger partial charge on any atom is -0.487 e. The second-order valence-corrected chi connectivity index (χ2v) is 6.98. The van der Waals surface area contributed by atoms with Gasteiger partial charge in [-0.2, -0.15) is 0 Å². The number of benzene rings is 1. The lowest BCUT2D eigenvalue weighted by atomic mass is 10.1. The molecule has 4 rings (SSSR count). The molecule has 1 amide bonds. The molecule has 23 heavy (non-hydrogen) atoms. The van der Waals surface area contributed by atoms with Crippen molar-refractivity contribution in [3.05, 3.63) is 57.6 Å². The molecule has 6 heteroatoms. The molecule has 0 spiro atoms. The average Bonchev–Trinajstić information content (AvgIpc) is 3.22. The van der Waals surface area contributed by atoms with Crippen molar-refractivity contribution in [2.75, 3.05) is 5.32 Å². The van der Waals surface area contributed by atoms with E-state index < -0.39 is 0 Å². The second kappa shape index (κ2) is 5.98. The van der Waals surface area contributed by atoms with Crippen molar-refractivity contribution < 1.29 is 9.53 Å². The summed E-state index contributed by atoms with van der Waals surface area (Å²) in [6.45, 7) is 0.491. The van der Waals surface area contributed by atoms with Crippen LogP contribution in [0.3, 0.4) is 0 Å². The molecule has 1 N–H and O–H groups in total. The Morgan fingerprint density at radius 3 is 3.04 bits per heavy atom. The van der Waals surface area contributed by atoms with Gasteiger partial charge in [-0.1, -0.05) is 29.5 Å². The maximum Gasteiger partial charge on any atom is 0.250 e. The molecule has 0 unspecified atom stereocenters. The number of rotatable bonds is 3. The minimum absolute atomic E-state index is 0.182. The van der Waals surface area contributed by atoms with Crippen molar-refractivity contribution >= 4 is 39.8 Å². The van der Waals surface area contributed by atoms with Gasteiger partial charge < -0.3 is 4.74 Å². The Bertz CT molecular complexity index is 882. The molecule has 2 aromatic heterocycles. The number of aromatic nitrogens is 1. The van der Waals surface area contributed by atoms with Gasteiger partial charge in [0.25, 0.3) is 0 Å². The van der Waals surface area contributed by atoms with E-state index in [1.807, 2.05) is 41.8 Å². The highest BCUT2D eigenvalue weighted by Gasteiger charge is 2.21. The van der Waals surface area contributed by atoms with Crippen LogP contribution >= 0.6 is 22.7 Å². The summed E-state index contributed by atoms with van der Waals surface area (Å²) in [5, 5.41) is 5.39. The van der Waals surface area contributed by atoms with E-state index in [1.165, 1.54) is 17.4 Å². The summed E-state index contributed by atoms with van der Waals surface area (Å²) in [4.78, 5) is 18.6. The first-order valence-corrected chi connectivity index (χ1v) is 8.74. The molecular formula is C17H12N2O2S2. The SMILES string of the molecule is O=C(C=Cc1cccs1)Nc1nc2c(s1)COc1ccccc1-2. The summed E-state index contributed by atoms with van der Waals surface area (Å²) < 4.78 is 5.71. The van der Waals surface area contributed by atoms with Crippen LogP contribution in [0.4, 0.5) is 5.13 Å². The Hall–Kier alpha value is -2.44. The van der Waals surface area contributed by atoms with Crippen molar-refractivity contribution in [1.82, 2.24) is 4.98 Å². The van der Waals surface area contributed by atoms with Gasteiger partial charge in [-0.3, -0.25) is 10.1 Å². The molecule has 0 radical (unpaired) electrons. The van der Waals surface area contributed by atoms with Gasteiger partial charge in [0.05, 0.1) is 10.6 Å². The molecule has 1 aliphatic heterocycles. The summed E-state index contributed by atoms with van der Waals surface area (Å²) in [5.74, 6) is 0.652. The van der Waals surface area contributed by atoms with E-state index in [1.54, 1.807) is 17.4 Å². The number of nitrogens with zero attached hydrogens (tertiary/aromatic N) is 1. The van der Waals surface area contributed by atoms with Gasteiger partial charge in [0.15, 0.2) is 5.13 Å². The van der Waals surface area contributed by atoms with Crippen molar-refractivity contribution in [3.8, 4) is 17.0 Å². The monoisotopic (exact) mass is 340 g/mol. The number of ether oxygens (including phenoxy) is 1. The molecule has 1 aromatic carbocycles. The number of thiophene rings is 1. The zero-order valence-electron chi connectivity index (χ0n) is 12.0. The predicted molar refractivity (Wildman–Crippen MR) is 93.9 cm³/mol. The van der Waals surface area contributed by atoms with E-state index in [9.17, 15) is 4.79 Å². The van der Waals surface area contributed by atoms with Gasteiger partial charge in [-0.25, -0.2) is 4.98 Å². The maximum atomic E-state index is 12.0. The lowest BCUT2D eigenvalue weighted by Gasteiger charge is -2.15. The number of carbonyl (C=O) groups excluding carboxylic acids is 1. The quantitative estimate of drug-likeness (QED) is 0.718. The number of hydrogen-bond acceptors (Lipinski definition) is 5. The molecule has 0 bridgehead atoms. The average molecular weight is 340 g/mol. The summed E-state index contributed by atoms with van der Waals surface area (Å²) in [5.41, 5.74) is 1.87. The molecule has 1 aliphatic rings. The third kappa shape index (κ3) is 2.91. The highest BCUT2D eigenvalue weighted by molar-refractivity contribution is 7.16. The van der Waals surface area contributed by atoms with Crippen LogP contribution in [0.1, 0.15) is 9.75 Å². The van der Waals surface area contributed by atoms with E-state index in [4.69, 9.17) is 4.74 Å². The van der Waals surface area contributed by atoms with Crippen molar-refractivity contribution in [3.63, 3.8) is 0 Å². The number of hydrogen-bond donors (Lipinski definition) is 1. The minimum atomic E-state index is -0.182. The molecule has 0 aliphatic carbocycles. The fraction of sp³-hybridized carbons (Fsp3) is 0.0588. The third-order valence-electron chi connectivity index (χ3n) is 3.37. The van der Waals surface area contributed by atoms with Crippen LogP contribution in [0, 0.1) is 0 Å². The first-order chi connectivity index (χ1) is 11.3. The molecular weight excluding hydrogens is 328 g/mol. The number of anilines is 1. The summed E-state index contributed by atoms with van der Waals surface area (Å²) >= 11 is 3.04.